The number of nitrogens with one attached hydrogen (secondary N) is 1. The molecule has 1 aliphatic rings. The van der Waals surface area contributed by atoms with Crippen molar-refractivity contribution < 1.29 is 18.0 Å². The number of carbonyl (C=O) groups is 2. The van der Waals surface area contributed by atoms with Crippen LogP contribution < -0.4 is 10.2 Å². The molecular weight excluding hydrogens is 402 g/mol. The van der Waals surface area contributed by atoms with Crippen LogP contribution in [0.15, 0.2) is 29.2 Å². The molecule has 0 unspecified atom stereocenters. The third-order valence-electron chi connectivity index (χ3n) is 4.42. The van der Waals surface area contributed by atoms with E-state index in [9.17, 15) is 18.0 Å². The van der Waals surface area contributed by atoms with Gasteiger partial charge in [-0.3, -0.25) is 9.59 Å². The van der Waals surface area contributed by atoms with Crippen LogP contribution in [0.4, 0.5) is 10.8 Å². The Morgan fingerprint density at radius 2 is 1.96 bits per heavy atom. The molecule has 1 aliphatic heterocycles. The highest BCUT2D eigenvalue weighted by Crippen LogP contribution is 2.28. The Kier molecular flexibility index (Phi) is 5.77. The molecule has 150 valence electrons. The quantitative estimate of drug-likeness (QED) is 0.750. The first-order valence-electron chi connectivity index (χ1n) is 8.68. The summed E-state index contributed by atoms with van der Waals surface area (Å²) in [6, 6.07) is 6.07. The summed E-state index contributed by atoms with van der Waals surface area (Å²) in [7, 11) is -0.623. The predicted octanol–water partition coefficient (Wildman–Crippen LogP) is 1.34. The van der Waals surface area contributed by atoms with Crippen LogP contribution in [0.1, 0.15) is 18.4 Å². The van der Waals surface area contributed by atoms with E-state index in [-0.39, 0.29) is 29.7 Å². The second-order valence-electron chi connectivity index (χ2n) is 6.53. The van der Waals surface area contributed by atoms with Crippen LogP contribution >= 0.6 is 11.3 Å². The van der Waals surface area contributed by atoms with E-state index >= 15 is 0 Å². The summed E-state index contributed by atoms with van der Waals surface area (Å²) in [5.74, 6) is -0.969. The highest BCUT2D eigenvalue weighted by atomic mass is 32.2. The maximum atomic E-state index is 12.5. The lowest BCUT2D eigenvalue weighted by Gasteiger charge is -2.18. The van der Waals surface area contributed by atoms with Crippen LogP contribution in [-0.2, 0) is 26.0 Å². The number of sulfonamides is 1. The minimum Gasteiger partial charge on any atom is -0.312 e. The number of benzene rings is 1. The standard InChI is InChI=1S/C17H21N5O4S2/c1-4-14-19-20-17(27-14)18-16(24)11-9-15(23)22(10-11)12-5-7-13(8-6-12)28(25,26)21(2)3/h5-8,11H,4,9-10H2,1-3H3,(H,18,20,24)/t11-/m0/s1. The number of nitrogens with zero attached hydrogens (tertiary/aromatic N) is 4. The van der Waals surface area contributed by atoms with Crippen LogP contribution in [-0.4, -0.2) is 55.4 Å². The molecule has 1 aromatic carbocycles. The van der Waals surface area contributed by atoms with E-state index in [0.717, 1.165) is 15.7 Å². The first-order chi connectivity index (χ1) is 13.2. The molecule has 0 bridgehead atoms. The fourth-order valence-electron chi connectivity index (χ4n) is 2.80. The molecule has 2 heterocycles. The van der Waals surface area contributed by atoms with E-state index in [2.05, 4.69) is 15.5 Å². The molecule has 0 aliphatic carbocycles. The van der Waals surface area contributed by atoms with Crippen molar-refractivity contribution in [1.29, 1.82) is 0 Å². The van der Waals surface area contributed by atoms with Crippen molar-refractivity contribution in [2.24, 2.45) is 5.92 Å². The van der Waals surface area contributed by atoms with Gasteiger partial charge in [-0.15, -0.1) is 10.2 Å². The van der Waals surface area contributed by atoms with E-state index in [1.807, 2.05) is 6.92 Å². The first-order valence-corrected chi connectivity index (χ1v) is 10.9. The molecule has 1 saturated heterocycles. The van der Waals surface area contributed by atoms with E-state index < -0.39 is 15.9 Å². The average molecular weight is 424 g/mol. The van der Waals surface area contributed by atoms with Gasteiger partial charge in [-0.1, -0.05) is 18.3 Å². The number of aromatic nitrogens is 2. The minimum absolute atomic E-state index is 0.0863. The Bertz CT molecular complexity index is 985. The van der Waals surface area contributed by atoms with Crippen molar-refractivity contribution in [1.82, 2.24) is 14.5 Å². The van der Waals surface area contributed by atoms with Crippen LogP contribution in [0.2, 0.25) is 0 Å². The molecule has 1 N–H and O–H groups in total. The van der Waals surface area contributed by atoms with Gasteiger partial charge in [0.15, 0.2) is 0 Å². The van der Waals surface area contributed by atoms with Crippen LogP contribution in [0, 0.1) is 5.92 Å². The van der Waals surface area contributed by atoms with Crippen molar-refractivity contribution in [3.63, 3.8) is 0 Å². The van der Waals surface area contributed by atoms with Gasteiger partial charge in [0.2, 0.25) is 27.0 Å². The molecule has 1 atom stereocenters. The molecule has 28 heavy (non-hydrogen) atoms. The van der Waals surface area contributed by atoms with Crippen molar-refractivity contribution in [2.75, 3.05) is 30.9 Å². The van der Waals surface area contributed by atoms with Gasteiger partial charge in [0.25, 0.3) is 0 Å². The number of hydrogen-bond acceptors (Lipinski definition) is 7. The van der Waals surface area contributed by atoms with Gasteiger partial charge >= 0.3 is 0 Å². The summed E-state index contributed by atoms with van der Waals surface area (Å²) in [6.45, 7) is 2.18. The molecule has 11 heteroatoms. The maximum absolute atomic E-state index is 12.5. The van der Waals surface area contributed by atoms with Gasteiger partial charge in [0.05, 0.1) is 10.8 Å². The summed E-state index contributed by atoms with van der Waals surface area (Å²) < 4.78 is 25.4. The molecule has 2 amide bonds. The molecule has 2 aromatic rings. The van der Waals surface area contributed by atoms with Gasteiger partial charge in [0, 0.05) is 32.7 Å². The topological polar surface area (TPSA) is 113 Å². The van der Waals surface area contributed by atoms with E-state index in [0.29, 0.717) is 10.8 Å². The Labute approximate surface area is 167 Å². The number of hydrogen-bond donors (Lipinski definition) is 1. The Morgan fingerprint density at radius 1 is 1.29 bits per heavy atom. The minimum atomic E-state index is -3.54. The molecule has 1 fully saturated rings. The number of aryl methyl sites for hydroxylation is 1. The number of carbonyl (C=O) groups excluding carboxylic acids is 2. The molecule has 0 saturated carbocycles. The van der Waals surface area contributed by atoms with Gasteiger partial charge in [-0.25, -0.2) is 12.7 Å². The normalized spacial score (nSPS) is 17.4. The SMILES string of the molecule is CCc1nnc(NC(=O)[C@H]2CC(=O)N(c3ccc(S(=O)(=O)N(C)C)cc3)C2)s1. The summed E-state index contributed by atoms with van der Waals surface area (Å²) in [5, 5.41) is 11.8. The van der Waals surface area contributed by atoms with Crippen LogP contribution in [0.3, 0.4) is 0 Å². The van der Waals surface area contributed by atoms with Gasteiger partial charge in [0.1, 0.15) is 5.01 Å². The van der Waals surface area contributed by atoms with E-state index in [1.54, 1.807) is 12.1 Å². The third kappa shape index (κ3) is 4.05. The monoisotopic (exact) mass is 423 g/mol. The van der Waals surface area contributed by atoms with Crippen molar-refractivity contribution in [3.05, 3.63) is 29.3 Å². The first kappa shape index (κ1) is 20.4. The zero-order chi connectivity index (χ0) is 20.5. The second kappa shape index (κ2) is 7.94. The molecule has 1 aromatic heterocycles. The van der Waals surface area contributed by atoms with Gasteiger partial charge < -0.3 is 10.2 Å². The van der Waals surface area contributed by atoms with Crippen molar-refractivity contribution in [3.8, 4) is 0 Å². The van der Waals surface area contributed by atoms with Crippen LogP contribution in [0.5, 0.6) is 0 Å². The fourth-order valence-corrected chi connectivity index (χ4v) is 4.38. The summed E-state index contributed by atoms with van der Waals surface area (Å²) in [5.41, 5.74) is 0.558. The summed E-state index contributed by atoms with van der Waals surface area (Å²) in [6.07, 6.45) is 0.825. The molecular formula is C17H21N5O4S2. The Hall–Kier alpha value is -2.37. The highest BCUT2D eigenvalue weighted by molar-refractivity contribution is 7.89. The lowest BCUT2D eigenvalue weighted by atomic mass is 10.1. The van der Waals surface area contributed by atoms with Crippen LogP contribution in [0.25, 0.3) is 0 Å². The zero-order valence-electron chi connectivity index (χ0n) is 15.7. The fraction of sp³-hybridized carbons (Fsp3) is 0.412. The predicted molar refractivity (Wildman–Crippen MR) is 106 cm³/mol. The third-order valence-corrected chi connectivity index (χ3v) is 7.23. The molecule has 0 radical (unpaired) electrons. The largest absolute Gasteiger partial charge is 0.312 e. The van der Waals surface area contributed by atoms with Gasteiger partial charge in [-0.2, -0.15) is 0 Å². The number of rotatable bonds is 6. The Morgan fingerprint density at radius 3 is 2.54 bits per heavy atom. The Balaban J connectivity index is 1.69. The molecule has 0 spiro atoms. The molecule has 3 rings (SSSR count). The highest BCUT2D eigenvalue weighted by Gasteiger charge is 2.35. The second-order valence-corrected chi connectivity index (χ2v) is 9.74. The smallest absolute Gasteiger partial charge is 0.242 e. The van der Waals surface area contributed by atoms with Crippen molar-refractivity contribution >= 4 is 44.0 Å². The average Bonchev–Trinajstić information content (AvgIpc) is 3.28. The summed E-state index contributed by atoms with van der Waals surface area (Å²) in [4.78, 5) is 26.5. The number of amides is 2. The number of anilines is 2. The van der Waals surface area contributed by atoms with Crippen molar-refractivity contribution in [2.45, 2.75) is 24.7 Å². The van der Waals surface area contributed by atoms with Gasteiger partial charge in [-0.05, 0) is 30.7 Å². The molecule has 9 nitrogen and oxygen atoms in total. The lowest BCUT2D eigenvalue weighted by molar-refractivity contribution is -0.122. The maximum Gasteiger partial charge on any atom is 0.242 e. The zero-order valence-corrected chi connectivity index (χ0v) is 17.4. The lowest BCUT2D eigenvalue weighted by Crippen LogP contribution is -2.28. The van der Waals surface area contributed by atoms with E-state index in [4.69, 9.17) is 0 Å². The van der Waals surface area contributed by atoms with E-state index in [1.165, 1.54) is 42.5 Å². The summed E-state index contributed by atoms with van der Waals surface area (Å²) >= 11 is 1.31.